The van der Waals surface area contributed by atoms with E-state index in [1.807, 2.05) is 0 Å². The molecule has 0 unspecified atom stereocenters. The number of piperidine rings is 2. The van der Waals surface area contributed by atoms with Crippen LogP contribution in [0.1, 0.15) is 69.6 Å². The molecule has 5 rings (SSSR count). The fourth-order valence-corrected chi connectivity index (χ4v) is 6.36. The highest BCUT2D eigenvalue weighted by Gasteiger charge is 2.26. The molecular weight excluding hydrogens is 464 g/mol. The van der Waals surface area contributed by atoms with E-state index in [1.165, 1.54) is 73.3 Å². The van der Waals surface area contributed by atoms with E-state index in [1.54, 1.807) is 0 Å². The standard InChI is InChI=1S/C35H46N2O/c1-26-8-6-7-9-33(26)36-20-16-28(17-21-36)24-29-18-22-37(23-19-29)34-25-32(13-10-27(34)2)38-31-14-11-30(12-15-31)35(3,4)5/h6-15,25,28-29H,16-24H2,1-5H3. The lowest BCUT2D eigenvalue weighted by Gasteiger charge is -2.39. The summed E-state index contributed by atoms with van der Waals surface area (Å²) in [6.45, 7) is 15.9. The molecule has 2 fully saturated rings. The van der Waals surface area contributed by atoms with Crippen molar-refractivity contribution in [3.8, 4) is 11.5 Å². The summed E-state index contributed by atoms with van der Waals surface area (Å²) in [5, 5.41) is 0. The Hall–Kier alpha value is -2.94. The first-order chi connectivity index (χ1) is 18.3. The van der Waals surface area contributed by atoms with Crippen molar-refractivity contribution in [2.24, 2.45) is 11.8 Å². The summed E-state index contributed by atoms with van der Waals surface area (Å²) in [6.07, 6.45) is 6.68. The minimum absolute atomic E-state index is 0.153. The number of nitrogens with zero attached hydrogens (tertiary/aromatic N) is 2. The van der Waals surface area contributed by atoms with Gasteiger partial charge in [0, 0.05) is 43.6 Å². The highest BCUT2D eigenvalue weighted by molar-refractivity contribution is 5.57. The zero-order valence-corrected chi connectivity index (χ0v) is 24.2. The van der Waals surface area contributed by atoms with Crippen LogP contribution in [-0.4, -0.2) is 26.2 Å². The highest BCUT2D eigenvalue weighted by atomic mass is 16.5. The lowest BCUT2D eigenvalue weighted by molar-refractivity contribution is 0.279. The van der Waals surface area contributed by atoms with Crippen LogP contribution in [0.15, 0.2) is 66.7 Å². The molecule has 3 aromatic carbocycles. The summed E-state index contributed by atoms with van der Waals surface area (Å²) < 4.78 is 6.27. The van der Waals surface area contributed by atoms with Gasteiger partial charge in [-0.05, 0) is 104 Å². The van der Waals surface area contributed by atoms with Crippen molar-refractivity contribution in [1.82, 2.24) is 0 Å². The fourth-order valence-electron chi connectivity index (χ4n) is 6.36. The third-order valence-electron chi connectivity index (χ3n) is 8.83. The third-order valence-corrected chi connectivity index (χ3v) is 8.83. The molecule has 0 spiro atoms. The Labute approximate surface area is 230 Å². The highest BCUT2D eigenvalue weighted by Crippen LogP contribution is 2.36. The average molecular weight is 511 g/mol. The molecule has 2 aliphatic heterocycles. The number of benzene rings is 3. The van der Waals surface area contributed by atoms with Gasteiger partial charge >= 0.3 is 0 Å². The van der Waals surface area contributed by atoms with Crippen LogP contribution in [0, 0.1) is 25.7 Å². The van der Waals surface area contributed by atoms with Gasteiger partial charge in [0.2, 0.25) is 0 Å². The zero-order valence-electron chi connectivity index (χ0n) is 24.2. The van der Waals surface area contributed by atoms with Crippen LogP contribution >= 0.6 is 0 Å². The second-order valence-electron chi connectivity index (χ2n) is 12.7. The molecule has 38 heavy (non-hydrogen) atoms. The Morgan fingerprint density at radius 3 is 1.76 bits per heavy atom. The monoisotopic (exact) mass is 510 g/mol. The Kier molecular flexibility index (Phi) is 8.02. The zero-order chi connectivity index (χ0) is 26.7. The Balaban J connectivity index is 1.13. The Bertz CT molecular complexity index is 1190. The van der Waals surface area contributed by atoms with Gasteiger partial charge in [-0.25, -0.2) is 0 Å². The first-order valence-electron chi connectivity index (χ1n) is 14.7. The van der Waals surface area contributed by atoms with Gasteiger partial charge in [-0.2, -0.15) is 0 Å². The minimum atomic E-state index is 0.153. The van der Waals surface area contributed by atoms with Crippen molar-refractivity contribution < 1.29 is 4.74 Å². The van der Waals surface area contributed by atoms with Crippen molar-refractivity contribution in [3.05, 3.63) is 83.4 Å². The van der Waals surface area contributed by atoms with Crippen LogP contribution < -0.4 is 14.5 Å². The number of hydrogen-bond donors (Lipinski definition) is 0. The molecule has 0 aliphatic carbocycles. The summed E-state index contributed by atoms with van der Waals surface area (Å²) in [7, 11) is 0. The molecule has 0 radical (unpaired) electrons. The first kappa shape index (κ1) is 26.7. The van der Waals surface area contributed by atoms with Gasteiger partial charge in [0.1, 0.15) is 11.5 Å². The maximum Gasteiger partial charge on any atom is 0.129 e. The van der Waals surface area contributed by atoms with Crippen LogP contribution in [0.3, 0.4) is 0 Å². The molecule has 0 N–H and O–H groups in total. The molecule has 0 atom stereocenters. The molecule has 3 nitrogen and oxygen atoms in total. The predicted octanol–water partition coefficient (Wildman–Crippen LogP) is 8.92. The number of ether oxygens (including phenoxy) is 1. The van der Waals surface area contributed by atoms with Crippen LogP contribution in [0.2, 0.25) is 0 Å². The van der Waals surface area contributed by atoms with E-state index in [9.17, 15) is 0 Å². The second kappa shape index (κ2) is 11.4. The molecule has 2 aliphatic rings. The van der Waals surface area contributed by atoms with E-state index in [4.69, 9.17) is 4.74 Å². The van der Waals surface area contributed by atoms with Gasteiger partial charge in [-0.3, -0.25) is 0 Å². The van der Waals surface area contributed by atoms with Crippen LogP contribution in [0.4, 0.5) is 11.4 Å². The maximum atomic E-state index is 6.27. The summed E-state index contributed by atoms with van der Waals surface area (Å²) >= 11 is 0. The topological polar surface area (TPSA) is 15.7 Å². The lowest BCUT2D eigenvalue weighted by atomic mass is 9.82. The minimum Gasteiger partial charge on any atom is -0.457 e. The molecule has 2 saturated heterocycles. The van der Waals surface area contributed by atoms with Crippen LogP contribution in [0.25, 0.3) is 0 Å². The van der Waals surface area contributed by atoms with Crippen molar-refractivity contribution in [2.45, 2.75) is 72.1 Å². The number of anilines is 2. The van der Waals surface area contributed by atoms with E-state index in [2.05, 4.69) is 111 Å². The molecule has 3 aromatic rings. The first-order valence-corrected chi connectivity index (χ1v) is 14.7. The predicted molar refractivity (Wildman–Crippen MR) is 162 cm³/mol. The van der Waals surface area contributed by atoms with Crippen molar-refractivity contribution in [1.29, 1.82) is 0 Å². The summed E-state index contributed by atoms with van der Waals surface area (Å²) in [5.74, 6) is 3.58. The fraction of sp³-hybridized carbons (Fsp3) is 0.486. The van der Waals surface area contributed by atoms with E-state index in [0.29, 0.717) is 0 Å². The van der Waals surface area contributed by atoms with E-state index < -0.39 is 0 Å². The van der Waals surface area contributed by atoms with Crippen molar-refractivity contribution in [2.75, 3.05) is 36.0 Å². The molecule has 0 saturated carbocycles. The van der Waals surface area contributed by atoms with Crippen LogP contribution in [-0.2, 0) is 5.41 Å². The number of aryl methyl sites for hydroxylation is 2. The number of hydrogen-bond acceptors (Lipinski definition) is 3. The summed E-state index contributed by atoms with van der Waals surface area (Å²) in [5.41, 5.74) is 6.99. The summed E-state index contributed by atoms with van der Waals surface area (Å²) in [4.78, 5) is 5.19. The average Bonchev–Trinajstić information content (AvgIpc) is 2.91. The molecule has 0 bridgehead atoms. The normalized spacial score (nSPS) is 17.6. The van der Waals surface area contributed by atoms with Gasteiger partial charge in [-0.1, -0.05) is 57.2 Å². The smallest absolute Gasteiger partial charge is 0.129 e. The van der Waals surface area contributed by atoms with E-state index in [0.717, 1.165) is 36.4 Å². The molecule has 3 heteroatoms. The van der Waals surface area contributed by atoms with Crippen molar-refractivity contribution in [3.63, 3.8) is 0 Å². The second-order valence-corrected chi connectivity index (χ2v) is 12.7. The van der Waals surface area contributed by atoms with Gasteiger partial charge in [0.25, 0.3) is 0 Å². The third kappa shape index (κ3) is 6.37. The Morgan fingerprint density at radius 2 is 1.18 bits per heavy atom. The van der Waals surface area contributed by atoms with Gasteiger partial charge in [0.15, 0.2) is 0 Å². The molecular formula is C35H46N2O. The maximum absolute atomic E-state index is 6.27. The lowest BCUT2D eigenvalue weighted by Crippen LogP contribution is -2.37. The molecule has 2 heterocycles. The Morgan fingerprint density at radius 1 is 0.658 bits per heavy atom. The van der Waals surface area contributed by atoms with Crippen LogP contribution in [0.5, 0.6) is 11.5 Å². The number of rotatable bonds is 6. The van der Waals surface area contributed by atoms with Gasteiger partial charge < -0.3 is 14.5 Å². The van der Waals surface area contributed by atoms with Gasteiger partial charge in [0.05, 0.1) is 0 Å². The largest absolute Gasteiger partial charge is 0.457 e. The summed E-state index contributed by atoms with van der Waals surface area (Å²) in [6, 6.07) is 24.0. The quantitative estimate of drug-likeness (QED) is 0.329. The molecule has 202 valence electrons. The molecule has 0 aromatic heterocycles. The molecule has 0 amide bonds. The van der Waals surface area contributed by atoms with E-state index >= 15 is 0 Å². The van der Waals surface area contributed by atoms with Crippen molar-refractivity contribution >= 4 is 11.4 Å². The van der Waals surface area contributed by atoms with Gasteiger partial charge in [-0.15, -0.1) is 0 Å². The number of para-hydroxylation sites is 1. The van der Waals surface area contributed by atoms with E-state index in [-0.39, 0.29) is 5.41 Å². The SMILES string of the molecule is Cc1ccccc1N1CCC(CC2CCN(c3cc(Oc4ccc(C(C)(C)C)cc4)ccc3C)CC2)CC1.